The molecule has 0 saturated heterocycles. The summed E-state index contributed by atoms with van der Waals surface area (Å²) in [4.78, 5) is 2.90. The Kier molecular flexibility index (Phi) is 2.65. The van der Waals surface area contributed by atoms with Gasteiger partial charge in [-0.05, 0) is 44.0 Å². The molecule has 2 N–H and O–H groups in total. The van der Waals surface area contributed by atoms with Gasteiger partial charge in [0, 0.05) is 23.8 Å². The molecule has 0 saturated carbocycles. The summed E-state index contributed by atoms with van der Waals surface area (Å²) >= 11 is 4.98. The first kappa shape index (κ1) is 10.4. The SMILES string of the molecule is CC(C)N1CCc2cc(C(N)=S)ccc21. The molecule has 0 spiro atoms. The van der Waals surface area contributed by atoms with Gasteiger partial charge in [0.05, 0.1) is 0 Å². The fraction of sp³-hybridized carbons (Fsp3) is 0.417. The van der Waals surface area contributed by atoms with E-state index in [1.54, 1.807) is 0 Å². The molecule has 0 unspecified atom stereocenters. The van der Waals surface area contributed by atoms with Crippen LogP contribution in [-0.2, 0) is 6.42 Å². The summed E-state index contributed by atoms with van der Waals surface area (Å²) in [5.41, 5.74) is 9.31. The maximum absolute atomic E-state index is 5.62. The van der Waals surface area contributed by atoms with E-state index in [0.29, 0.717) is 11.0 Å². The van der Waals surface area contributed by atoms with Crippen LogP contribution in [0.5, 0.6) is 0 Å². The van der Waals surface area contributed by atoms with Crippen molar-refractivity contribution in [3.63, 3.8) is 0 Å². The molecule has 0 amide bonds. The van der Waals surface area contributed by atoms with Crippen LogP contribution in [0.3, 0.4) is 0 Å². The summed E-state index contributed by atoms with van der Waals surface area (Å²) < 4.78 is 0. The highest BCUT2D eigenvalue weighted by Gasteiger charge is 2.21. The topological polar surface area (TPSA) is 29.3 Å². The Morgan fingerprint density at radius 3 is 2.80 bits per heavy atom. The van der Waals surface area contributed by atoms with Gasteiger partial charge in [-0.25, -0.2) is 0 Å². The van der Waals surface area contributed by atoms with E-state index in [0.717, 1.165) is 18.5 Å². The molecule has 3 heteroatoms. The van der Waals surface area contributed by atoms with Crippen molar-refractivity contribution in [2.24, 2.45) is 5.73 Å². The van der Waals surface area contributed by atoms with Crippen LogP contribution in [0, 0.1) is 0 Å². The molecule has 2 nitrogen and oxygen atoms in total. The minimum absolute atomic E-state index is 0.487. The van der Waals surface area contributed by atoms with Crippen LogP contribution in [0.2, 0.25) is 0 Å². The van der Waals surface area contributed by atoms with Crippen molar-refractivity contribution in [1.82, 2.24) is 0 Å². The lowest BCUT2D eigenvalue weighted by Crippen LogP contribution is -2.28. The number of nitrogens with zero attached hydrogens (tertiary/aromatic N) is 1. The zero-order valence-electron chi connectivity index (χ0n) is 9.16. The van der Waals surface area contributed by atoms with E-state index in [1.165, 1.54) is 11.3 Å². The molecule has 1 aromatic carbocycles. The van der Waals surface area contributed by atoms with Gasteiger partial charge in [0.1, 0.15) is 4.99 Å². The van der Waals surface area contributed by atoms with E-state index in [4.69, 9.17) is 18.0 Å². The fourth-order valence-corrected chi connectivity index (χ4v) is 2.24. The highest BCUT2D eigenvalue weighted by Crippen LogP contribution is 2.30. The summed E-state index contributed by atoms with van der Waals surface area (Å²) in [6.07, 6.45) is 1.10. The number of fused-ring (bicyclic) bond motifs is 1. The second-order valence-corrected chi connectivity index (χ2v) is 4.68. The normalized spacial score (nSPS) is 14.5. The molecule has 0 bridgehead atoms. The second kappa shape index (κ2) is 3.81. The Morgan fingerprint density at radius 1 is 1.47 bits per heavy atom. The van der Waals surface area contributed by atoms with Gasteiger partial charge in [-0.1, -0.05) is 12.2 Å². The molecule has 0 aromatic heterocycles. The molecule has 0 radical (unpaired) electrons. The van der Waals surface area contributed by atoms with Crippen LogP contribution in [-0.4, -0.2) is 17.6 Å². The van der Waals surface area contributed by atoms with Crippen molar-refractivity contribution >= 4 is 22.9 Å². The highest BCUT2D eigenvalue weighted by molar-refractivity contribution is 7.80. The molecule has 0 fully saturated rings. The first-order valence-electron chi connectivity index (χ1n) is 5.29. The van der Waals surface area contributed by atoms with Gasteiger partial charge in [0.25, 0.3) is 0 Å². The van der Waals surface area contributed by atoms with E-state index in [-0.39, 0.29) is 0 Å². The van der Waals surface area contributed by atoms with Crippen LogP contribution in [0.15, 0.2) is 18.2 Å². The predicted molar refractivity (Wildman–Crippen MR) is 68.5 cm³/mol. The number of hydrogen-bond acceptors (Lipinski definition) is 2. The Bertz CT molecular complexity index is 399. The van der Waals surface area contributed by atoms with E-state index in [9.17, 15) is 0 Å². The number of nitrogens with two attached hydrogens (primary N) is 1. The first-order chi connectivity index (χ1) is 7.09. The van der Waals surface area contributed by atoms with Gasteiger partial charge < -0.3 is 10.6 Å². The molecule has 1 aliphatic rings. The van der Waals surface area contributed by atoms with E-state index < -0.39 is 0 Å². The third-order valence-electron chi connectivity index (χ3n) is 2.92. The summed E-state index contributed by atoms with van der Waals surface area (Å²) in [6, 6.07) is 6.83. The van der Waals surface area contributed by atoms with Gasteiger partial charge >= 0.3 is 0 Å². The van der Waals surface area contributed by atoms with Crippen molar-refractivity contribution in [2.45, 2.75) is 26.3 Å². The number of rotatable bonds is 2. The number of hydrogen-bond donors (Lipinski definition) is 1. The average Bonchev–Trinajstić information content (AvgIpc) is 2.59. The molecule has 1 aromatic rings. The maximum atomic E-state index is 5.62. The van der Waals surface area contributed by atoms with E-state index in [1.807, 2.05) is 6.07 Å². The monoisotopic (exact) mass is 220 g/mol. The van der Waals surface area contributed by atoms with Crippen molar-refractivity contribution < 1.29 is 0 Å². The van der Waals surface area contributed by atoms with Crippen LogP contribution in [0.25, 0.3) is 0 Å². The lowest BCUT2D eigenvalue weighted by molar-refractivity contribution is 0.710. The van der Waals surface area contributed by atoms with Gasteiger partial charge in [0.2, 0.25) is 0 Å². The molecule has 0 atom stereocenters. The predicted octanol–water partition coefficient (Wildman–Crippen LogP) is 2.09. The Morgan fingerprint density at radius 2 is 2.20 bits per heavy atom. The summed E-state index contributed by atoms with van der Waals surface area (Å²) in [7, 11) is 0. The third-order valence-corrected chi connectivity index (χ3v) is 3.15. The molecule has 15 heavy (non-hydrogen) atoms. The number of thiocarbonyl (C=S) groups is 1. The minimum atomic E-state index is 0.487. The molecule has 2 rings (SSSR count). The summed E-state index contributed by atoms with van der Waals surface area (Å²) in [6.45, 7) is 5.54. The van der Waals surface area contributed by atoms with Gasteiger partial charge in [-0.15, -0.1) is 0 Å². The molecule has 0 aliphatic carbocycles. The lowest BCUT2D eigenvalue weighted by atomic mass is 10.1. The van der Waals surface area contributed by atoms with Crippen LogP contribution in [0.4, 0.5) is 5.69 Å². The largest absolute Gasteiger partial charge is 0.389 e. The molecule has 1 heterocycles. The Balaban J connectivity index is 2.37. The smallest absolute Gasteiger partial charge is 0.103 e. The highest BCUT2D eigenvalue weighted by atomic mass is 32.1. The minimum Gasteiger partial charge on any atom is -0.389 e. The van der Waals surface area contributed by atoms with Crippen molar-refractivity contribution in [2.75, 3.05) is 11.4 Å². The molecule has 80 valence electrons. The van der Waals surface area contributed by atoms with E-state index >= 15 is 0 Å². The second-order valence-electron chi connectivity index (χ2n) is 4.24. The Labute approximate surface area is 96.1 Å². The van der Waals surface area contributed by atoms with Gasteiger partial charge in [-0.3, -0.25) is 0 Å². The Hall–Kier alpha value is -1.09. The van der Waals surface area contributed by atoms with Crippen molar-refractivity contribution in [3.8, 4) is 0 Å². The summed E-state index contributed by atoms with van der Waals surface area (Å²) in [5, 5.41) is 0. The zero-order valence-corrected chi connectivity index (χ0v) is 9.97. The van der Waals surface area contributed by atoms with Crippen LogP contribution < -0.4 is 10.6 Å². The third kappa shape index (κ3) is 1.84. The lowest BCUT2D eigenvalue weighted by Gasteiger charge is -2.23. The molecule has 1 aliphatic heterocycles. The van der Waals surface area contributed by atoms with Crippen LogP contribution in [0.1, 0.15) is 25.0 Å². The standard InChI is InChI=1S/C12H16N2S/c1-8(2)14-6-5-9-7-10(12(13)15)3-4-11(9)14/h3-4,7-8H,5-6H2,1-2H3,(H2,13,15). The maximum Gasteiger partial charge on any atom is 0.103 e. The quantitative estimate of drug-likeness (QED) is 0.774. The number of anilines is 1. The average molecular weight is 220 g/mol. The molecular weight excluding hydrogens is 204 g/mol. The summed E-state index contributed by atoms with van der Waals surface area (Å²) in [5.74, 6) is 0. The first-order valence-corrected chi connectivity index (χ1v) is 5.70. The van der Waals surface area contributed by atoms with Gasteiger partial charge in [0.15, 0.2) is 0 Å². The molecular formula is C12H16N2S. The number of benzene rings is 1. The zero-order chi connectivity index (χ0) is 11.0. The van der Waals surface area contributed by atoms with Crippen LogP contribution >= 0.6 is 12.2 Å². The van der Waals surface area contributed by atoms with Gasteiger partial charge in [-0.2, -0.15) is 0 Å². The van der Waals surface area contributed by atoms with Crippen molar-refractivity contribution in [3.05, 3.63) is 29.3 Å². The van der Waals surface area contributed by atoms with E-state index in [2.05, 4.69) is 30.9 Å². The fourth-order valence-electron chi connectivity index (χ4n) is 2.12. The van der Waals surface area contributed by atoms with Crippen molar-refractivity contribution in [1.29, 1.82) is 0 Å².